The maximum absolute atomic E-state index is 12.2. The van der Waals surface area contributed by atoms with Gasteiger partial charge in [0.25, 0.3) is 5.91 Å². The molecular weight excluding hydrogens is 402 g/mol. The number of amides is 1. The number of esters is 1. The van der Waals surface area contributed by atoms with E-state index in [-0.39, 0.29) is 11.9 Å². The maximum atomic E-state index is 12.2. The molecule has 154 valence electrons. The Labute approximate surface area is 180 Å². The van der Waals surface area contributed by atoms with E-state index in [0.29, 0.717) is 22.8 Å². The van der Waals surface area contributed by atoms with E-state index in [1.54, 1.807) is 49.5 Å². The largest absolute Gasteiger partial charge is 0.462 e. The van der Waals surface area contributed by atoms with Crippen molar-refractivity contribution in [3.63, 3.8) is 0 Å². The van der Waals surface area contributed by atoms with E-state index in [9.17, 15) is 9.59 Å². The molecule has 0 saturated heterocycles. The number of hydrazone groups is 1. The van der Waals surface area contributed by atoms with Crippen LogP contribution >= 0.6 is 11.6 Å². The fourth-order valence-electron chi connectivity index (χ4n) is 3.14. The van der Waals surface area contributed by atoms with Crippen LogP contribution in [0.3, 0.4) is 0 Å². The van der Waals surface area contributed by atoms with Gasteiger partial charge >= 0.3 is 5.97 Å². The SMILES string of the molecule is CCOC(=O)c1ccc(-n2c(C)cc(/C=N/NC(=O)c3ccccc3Cl)c2C)cc1. The van der Waals surface area contributed by atoms with Gasteiger partial charge < -0.3 is 9.30 Å². The number of nitrogens with zero attached hydrogens (tertiary/aromatic N) is 2. The van der Waals surface area contributed by atoms with E-state index < -0.39 is 0 Å². The van der Waals surface area contributed by atoms with E-state index >= 15 is 0 Å². The number of benzene rings is 2. The van der Waals surface area contributed by atoms with Gasteiger partial charge in [-0.3, -0.25) is 4.79 Å². The first kappa shape index (κ1) is 21.3. The summed E-state index contributed by atoms with van der Waals surface area (Å²) in [5, 5.41) is 4.44. The van der Waals surface area contributed by atoms with Gasteiger partial charge in [-0.2, -0.15) is 5.10 Å². The van der Waals surface area contributed by atoms with Crippen LogP contribution in [0, 0.1) is 13.8 Å². The van der Waals surface area contributed by atoms with Gasteiger partial charge in [0.05, 0.1) is 29.0 Å². The van der Waals surface area contributed by atoms with Gasteiger partial charge in [0.15, 0.2) is 0 Å². The fourth-order valence-corrected chi connectivity index (χ4v) is 3.36. The molecule has 0 atom stereocenters. The van der Waals surface area contributed by atoms with E-state index in [1.807, 2.05) is 36.6 Å². The number of aryl methyl sites for hydroxylation is 1. The van der Waals surface area contributed by atoms with Crippen LogP contribution in [-0.2, 0) is 4.74 Å². The molecule has 0 aliphatic rings. The summed E-state index contributed by atoms with van der Waals surface area (Å²) < 4.78 is 7.07. The third-order valence-electron chi connectivity index (χ3n) is 4.60. The summed E-state index contributed by atoms with van der Waals surface area (Å²) in [6, 6.07) is 16.0. The topological polar surface area (TPSA) is 72.7 Å². The lowest BCUT2D eigenvalue weighted by molar-refractivity contribution is 0.0526. The molecule has 6 nitrogen and oxygen atoms in total. The van der Waals surface area contributed by atoms with Crippen LogP contribution in [0.15, 0.2) is 59.7 Å². The minimum atomic E-state index is -0.375. The molecule has 0 bridgehead atoms. The van der Waals surface area contributed by atoms with Crippen molar-refractivity contribution in [2.24, 2.45) is 5.10 Å². The number of nitrogens with one attached hydrogen (secondary N) is 1. The molecule has 0 spiro atoms. The quantitative estimate of drug-likeness (QED) is 0.355. The number of halogens is 1. The van der Waals surface area contributed by atoms with Gasteiger partial charge in [-0.25, -0.2) is 10.2 Å². The second-order valence-corrected chi connectivity index (χ2v) is 7.02. The van der Waals surface area contributed by atoms with Gasteiger partial charge in [-0.05, 0) is 63.2 Å². The van der Waals surface area contributed by atoms with Crippen LogP contribution in [0.1, 0.15) is 44.6 Å². The Morgan fingerprint density at radius 3 is 2.50 bits per heavy atom. The van der Waals surface area contributed by atoms with Crippen LogP contribution in [-0.4, -0.2) is 29.3 Å². The Balaban J connectivity index is 1.77. The second-order valence-electron chi connectivity index (χ2n) is 6.61. The molecule has 7 heteroatoms. The number of rotatable bonds is 6. The third kappa shape index (κ3) is 4.60. The predicted molar refractivity (Wildman–Crippen MR) is 118 cm³/mol. The summed E-state index contributed by atoms with van der Waals surface area (Å²) >= 11 is 6.04. The van der Waals surface area contributed by atoms with Crippen LogP contribution in [0.2, 0.25) is 5.02 Å². The highest BCUT2D eigenvalue weighted by molar-refractivity contribution is 6.33. The molecule has 0 fully saturated rings. The summed E-state index contributed by atoms with van der Waals surface area (Å²) in [5.74, 6) is -0.715. The van der Waals surface area contributed by atoms with E-state index in [2.05, 4.69) is 10.5 Å². The van der Waals surface area contributed by atoms with Crippen molar-refractivity contribution in [2.75, 3.05) is 6.61 Å². The smallest absolute Gasteiger partial charge is 0.338 e. The maximum Gasteiger partial charge on any atom is 0.338 e. The summed E-state index contributed by atoms with van der Waals surface area (Å²) in [7, 11) is 0. The Morgan fingerprint density at radius 2 is 1.83 bits per heavy atom. The van der Waals surface area contributed by atoms with Crippen molar-refractivity contribution in [1.82, 2.24) is 9.99 Å². The molecule has 0 radical (unpaired) electrons. The van der Waals surface area contributed by atoms with Crippen molar-refractivity contribution in [2.45, 2.75) is 20.8 Å². The zero-order chi connectivity index (χ0) is 21.7. The first-order valence-electron chi connectivity index (χ1n) is 9.46. The monoisotopic (exact) mass is 423 g/mol. The predicted octanol–water partition coefficient (Wildman–Crippen LogP) is 4.69. The molecular formula is C23H22ClN3O3. The molecule has 1 N–H and O–H groups in total. The molecule has 0 aliphatic heterocycles. The van der Waals surface area contributed by atoms with Crippen molar-refractivity contribution >= 4 is 29.7 Å². The van der Waals surface area contributed by atoms with Gasteiger partial charge in [-0.15, -0.1) is 0 Å². The summed E-state index contributed by atoms with van der Waals surface area (Å²) in [5.41, 5.74) is 7.10. The molecule has 1 heterocycles. The standard InChI is InChI=1S/C23H22ClN3O3/c1-4-30-23(29)17-9-11-19(12-10-17)27-15(2)13-18(16(27)3)14-25-26-22(28)20-7-5-6-8-21(20)24/h5-14H,4H2,1-3H3,(H,26,28)/b25-14+. The molecule has 3 rings (SSSR count). The molecule has 1 amide bonds. The Hall–Kier alpha value is -3.38. The Kier molecular flexibility index (Phi) is 6.69. The van der Waals surface area contributed by atoms with Crippen LogP contribution in [0.25, 0.3) is 5.69 Å². The zero-order valence-electron chi connectivity index (χ0n) is 17.0. The molecule has 3 aromatic rings. The lowest BCUT2D eigenvalue weighted by Gasteiger charge is -2.10. The number of carbonyl (C=O) groups is 2. The minimum Gasteiger partial charge on any atom is -0.462 e. The van der Waals surface area contributed by atoms with Gasteiger partial charge in [0.1, 0.15) is 0 Å². The molecule has 0 unspecified atom stereocenters. The van der Waals surface area contributed by atoms with Crippen molar-refractivity contribution < 1.29 is 14.3 Å². The average molecular weight is 424 g/mol. The molecule has 2 aromatic carbocycles. The second kappa shape index (κ2) is 9.41. The Morgan fingerprint density at radius 1 is 1.13 bits per heavy atom. The number of carbonyl (C=O) groups excluding carboxylic acids is 2. The van der Waals surface area contributed by atoms with Crippen LogP contribution in [0.4, 0.5) is 0 Å². The van der Waals surface area contributed by atoms with E-state index in [4.69, 9.17) is 16.3 Å². The molecule has 30 heavy (non-hydrogen) atoms. The third-order valence-corrected chi connectivity index (χ3v) is 4.92. The Bertz CT molecular complexity index is 1100. The van der Waals surface area contributed by atoms with Gasteiger partial charge in [0, 0.05) is 22.6 Å². The number of hydrogen-bond donors (Lipinski definition) is 1. The number of aromatic nitrogens is 1. The lowest BCUT2D eigenvalue weighted by Crippen LogP contribution is -2.18. The normalized spacial score (nSPS) is 10.9. The highest BCUT2D eigenvalue weighted by Gasteiger charge is 2.12. The summed E-state index contributed by atoms with van der Waals surface area (Å²) in [6.07, 6.45) is 1.60. The fraction of sp³-hybridized carbons (Fsp3) is 0.174. The van der Waals surface area contributed by atoms with Crippen LogP contribution < -0.4 is 5.43 Å². The number of ether oxygens (including phenoxy) is 1. The highest BCUT2D eigenvalue weighted by Crippen LogP contribution is 2.20. The van der Waals surface area contributed by atoms with Crippen molar-refractivity contribution in [3.8, 4) is 5.69 Å². The highest BCUT2D eigenvalue weighted by atomic mass is 35.5. The zero-order valence-corrected chi connectivity index (χ0v) is 17.7. The summed E-state index contributed by atoms with van der Waals surface area (Å²) in [6.45, 7) is 6.06. The van der Waals surface area contributed by atoms with Crippen LogP contribution in [0.5, 0.6) is 0 Å². The average Bonchev–Trinajstić information content (AvgIpc) is 3.01. The lowest BCUT2D eigenvalue weighted by atomic mass is 10.2. The van der Waals surface area contributed by atoms with E-state index in [0.717, 1.165) is 22.6 Å². The first-order chi connectivity index (χ1) is 14.4. The van der Waals surface area contributed by atoms with Crippen molar-refractivity contribution in [1.29, 1.82) is 0 Å². The first-order valence-corrected chi connectivity index (χ1v) is 9.84. The molecule has 0 saturated carbocycles. The summed E-state index contributed by atoms with van der Waals surface area (Å²) in [4.78, 5) is 24.1. The van der Waals surface area contributed by atoms with E-state index in [1.165, 1.54) is 0 Å². The van der Waals surface area contributed by atoms with Crippen molar-refractivity contribution in [3.05, 3.63) is 87.7 Å². The van der Waals surface area contributed by atoms with Gasteiger partial charge in [-0.1, -0.05) is 23.7 Å². The minimum absolute atomic E-state index is 0.339. The molecule has 0 aliphatic carbocycles. The van der Waals surface area contributed by atoms with Gasteiger partial charge in [0.2, 0.25) is 0 Å². The molecule has 1 aromatic heterocycles. The number of hydrogen-bond acceptors (Lipinski definition) is 4.